The number of aromatic nitrogens is 2. The van der Waals surface area contributed by atoms with Gasteiger partial charge in [-0.15, -0.1) is 0 Å². The molecule has 0 amide bonds. The summed E-state index contributed by atoms with van der Waals surface area (Å²) in [5, 5.41) is 0. The fraction of sp³-hybridized carbons (Fsp3) is 0.167. The first-order valence-electron chi connectivity index (χ1n) is 5.06. The van der Waals surface area contributed by atoms with E-state index in [-0.39, 0.29) is 6.01 Å². The molecule has 0 bridgehead atoms. The van der Waals surface area contributed by atoms with Gasteiger partial charge in [-0.2, -0.15) is 9.97 Å². The fourth-order valence-corrected chi connectivity index (χ4v) is 1.46. The van der Waals surface area contributed by atoms with Crippen molar-refractivity contribution in [3.63, 3.8) is 0 Å². The molecule has 5 heteroatoms. The zero-order chi connectivity index (χ0) is 12.3. The number of hydrogen-bond donors (Lipinski definition) is 1. The SMILES string of the molecule is COc1cccc(-c2cc(N)nc(OC)n2)c1. The van der Waals surface area contributed by atoms with Crippen molar-refractivity contribution < 1.29 is 9.47 Å². The van der Waals surface area contributed by atoms with Crippen molar-refractivity contribution in [2.24, 2.45) is 0 Å². The molecule has 2 rings (SSSR count). The van der Waals surface area contributed by atoms with E-state index in [0.717, 1.165) is 11.3 Å². The highest BCUT2D eigenvalue weighted by molar-refractivity contribution is 5.63. The van der Waals surface area contributed by atoms with Gasteiger partial charge in [0.05, 0.1) is 19.9 Å². The van der Waals surface area contributed by atoms with Crippen LogP contribution in [0.25, 0.3) is 11.3 Å². The predicted octanol–water partition coefficient (Wildman–Crippen LogP) is 1.74. The van der Waals surface area contributed by atoms with E-state index in [4.69, 9.17) is 15.2 Å². The van der Waals surface area contributed by atoms with E-state index < -0.39 is 0 Å². The summed E-state index contributed by atoms with van der Waals surface area (Å²) >= 11 is 0. The Hall–Kier alpha value is -2.30. The second-order valence-electron chi connectivity index (χ2n) is 3.40. The van der Waals surface area contributed by atoms with Gasteiger partial charge >= 0.3 is 6.01 Å². The first-order chi connectivity index (χ1) is 8.22. The minimum Gasteiger partial charge on any atom is -0.497 e. The van der Waals surface area contributed by atoms with Gasteiger partial charge in [-0.25, -0.2) is 0 Å². The molecule has 2 aromatic rings. The van der Waals surface area contributed by atoms with Crippen LogP contribution in [-0.2, 0) is 0 Å². The molecule has 0 aliphatic carbocycles. The van der Waals surface area contributed by atoms with Crippen LogP contribution in [0.1, 0.15) is 0 Å². The molecule has 0 fully saturated rings. The Balaban J connectivity index is 2.47. The van der Waals surface area contributed by atoms with E-state index >= 15 is 0 Å². The Bertz CT molecular complexity index is 529. The third-order valence-corrected chi connectivity index (χ3v) is 2.27. The molecule has 0 aliphatic rings. The van der Waals surface area contributed by atoms with Crippen LogP contribution in [0.3, 0.4) is 0 Å². The summed E-state index contributed by atoms with van der Waals surface area (Å²) in [7, 11) is 3.12. The van der Waals surface area contributed by atoms with Crippen LogP contribution < -0.4 is 15.2 Å². The number of methoxy groups -OCH3 is 2. The molecular formula is C12H13N3O2. The number of benzene rings is 1. The molecule has 1 heterocycles. The van der Waals surface area contributed by atoms with E-state index in [9.17, 15) is 0 Å². The summed E-state index contributed by atoms with van der Waals surface area (Å²) in [6, 6.07) is 9.50. The van der Waals surface area contributed by atoms with Gasteiger partial charge in [-0.3, -0.25) is 0 Å². The normalized spacial score (nSPS) is 10.0. The lowest BCUT2D eigenvalue weighted by atomic mass is 10.1. The molecule has 0 saturated heterocycles. The molecule has 0 spiro atoms. The number of nitrogen functional groups attached to an aromatic ring is 1. The summed E-state index contributed by atoms with van der Waals surface area (Å²) in [5.74, 6) is 1.13. The van der Waals surface area contributed by atoms with Crippen LogP contribution >= 0.6 is 0 Å². The van der Waals surface area contributed by atoms with Gasteiger partial charge in [-0.1, -0.05) is 12.1 Å². The zero-order valence-electron chi connectivity index (χ0n) is 9.68. The maximum absolute atomic E-state index is 5.68. The number of ether oxygens (including phenoxy) is 2. The Morgan fingerprint density at radius 1 is 1.06 bits per heavy atom. The van der Waals surface area contributed by atoms with Crippen LogP contribution in [0.15, 0.2) is 30.3 Å². The average molecular weight is 231 g/mol. The highest BCUT2D eigenvalue weighted by Gasteiger charge is 2.06. The van der Waals surface area contributed by atoms with Crippen molar-refractivity contribution in [2.45, 2.75) is 0 Å². The Labute approximate surface area is 99.2 Å². The lowest BCUT2D eigenvalue weighted by Gasteiger charge is -2.06. The largest absolute Gasteiger partial charge is 0.497 e. The average Bonchev–Trinajstić information content (AvgIpc) is 2.38. The fourth-order valence-electron chi connectivity index (χ4n) is 1.46. The third kappa shape index (κ3) is 2.44. The van der Waals surface area contributed by atoms with Crippen molar-refractivity contribution in [2.75, 3.05) is 20.0 Å². The molecule has 0 atom stereocenters. The Morgan fingerprint density at radius 2 is 1.88 bits per heavy atom. The summed E-state index contributed by atoms with van der Waals surface area (Å²) in [6.45, 7) is 0. The van der Waals surface area contributed by atoms with Crippen LogP contribution in [0.2, 0.25) is 0 Å². The summed E-state index contributed by atoms with van der Waals surface area (Å²) in [4.78, 5) is 8.16. The van der Waals surface area contributed by atoms with Gasteiger partial charge in [0.25, 0.3) is 0 Å². The lowest BCUT2D eigenvalue weighted by molar-refractivity contribution is 0.381. The van der Waals surface area contributed by atoms with Gasteiger partial charge in [0, 0.05) is 11.6 Å². The second-order valence-corrected chi connectivity index (χ2v) is 3.40. The first kappa shape index (κ1) is 11.2. The Kier molecular flexibility index (Phi) is 3.09. The van der Waals surface area contributed by atoms with Crippen molar-refractivity contribution in [1.82, 2.24) is 9.97 Å². The maximum Gasteiger partial charge on any atom is 0.318 e. The molecule has 88 valence electrons. The number of anilines is 1. The molecule has 0 saturated carbocycles. The molecule has 0 aliphatic heterocycles. The molecule has 17 heavy (non-hydrogen) atoms. The van der Waals surface area contributed by atoms with Crippen molar-refractivity contribution in [1.29, 1.82) is 0 Å². The van der Waals surface area contributed by atoms with Crippen LogP contribution in [0.5, 0.6) is 11.8 Å². The molecular weight excluding hydrogens is 218 g/mol. The predicted molar refractivity (Wildman–Crippen MR) is 65.0 cm³/mol. The Morgan fingerprint density at radius 3 is 2.59 bits per heavy atom. The van der Waals surface area contributed by atoms with Crippen LogP contribution in [-0.4, -0.2) is 24.2 Å². The maximum atomic E-state index is 5.68. The second kappa shape index (κ2) is 4.69. The molecule has 1 aromatic carbocycles. The minimum absolute atomic E-state index is 0.253. The molecule has 0 radical (unpaired) electrons. The smallest absolute Gasteiger partial charge is 0.318 e. The highest BCUT2D eigenvalue weighted by atomic mass is 16.5. The molecule has 0 unspecified atom stereocenters. The third-order valence-electron chi connectivity index (χ3n) is 2.27. The van der Waals surface area contributed by atoms with Gasteiger partial charge < -0.3 is 15.2 Å². The van der Waals surface area contributed by atoms with Crippen molar-refractivity contribution >= 4 is 5.82 Å². The summed E-state index contributed by atoms with van der Waals surface area (Å²) in [6.07, 6.45) is 0. The standard InChI is InChI=1S/C12H13N3O2/c1-16-9-5-3-4-8(6-9)10-7-11(13)15-12(14-10)17-2/h3-7H,1-2H3,(H2,13,14,15). The van der Waals surface area contributed by atoms with E-state index in [2.05, 4.69) is 9.97 Å². The van der Waals surface area contributed by atoms with E-state index in [1.54, 1.807) is 13.2 Å². The van der Waals surface area contributed by atoms with Gasteiger partial charge in [0.15, 0.2) is 0 Å². The topological polar surface area (TPSA) is 70.3 Å². The summed E-state index contributed by atoms with van der Waals surface area (Å²) < 4.78 is 10.1. The van der Waals surface area contributed by atoms with Crippen LogP contribution in [0, 0.1) is 0 Å². The van der Waals surface area contributed by atoms with Gasteiger partial charge in [0.1, 0.15) is 11.6 Å². The number of nitrogens with zero attached hydrogens (tertiary/aromatic N) is 2. The lowest BCUT2D eigenvalue weighted by Crippen LogP contribution is -1.98. The number of hydrogen-bond acceptors (Lipinski definition) is 5. The van der Waals surface area contributed by atoms with Crippen molar-refractivity contribution in [3.8, 4) is 23.0 Å². The van der Waals surface area contributed by atoms with E-state index in [1.807, 2.05) is 24.3 Å². The van der Waals surface area contributed by atoms with Crippen LogP contribution in [0.4, 0.5) is 5.82 Å². The minimum atomic E-state index is 0.253. The highest BCUT2D eigenvalue weighted by Crippen LogP contribution is 2.24. The number of nitrogens with two attached hydrogens (primary N) is 1. The first-order valence-corrected chi connectivity index (χ1v) is 5.06. The monoisotopic (exact) mass is 231 g/mol. The van der Waals surface area contributed by atoms with E-state index in [1.165, 1.54) is 7.11 Å². The zero-order valence-corrected chi connectivity index (χ0v) is 9.68. The number of rotatable bonds is 3. The molecule has 5 nitrogen and oxygen atoms in total. The molecule has 2 N–H and O–H groups in total. The summed E-state index contributed by atoms with van der Waals surface area (Å²) in [5.41, 5.74) is 7.28. The van der Waals surface area contributed by atoms with E-state index in [0.29, 0.717) is 11.5 Å². The van der Waals surface area contributed by atoms with Gasteiger partial charge in [0.2, 0.25) is 0 Å². The quantitative estimate of drug-likeness (QED) is 0.871. The van der Waals surface area contributed by atoms with Crippen molar-refractivity contribution in [3.05, 3.63) is 30.3 Å². The molecule has 1 aromatic heterocycles. The van der Waals surface area contributed by atoms with Gasteiger partial charge in [-0.05, 0) is 12.1 Å².